The Labute approximate surface area is 204 Å². The number of hydrogen-bond acceptors (Lipinski definition) is 7. The second kappa shape index (κ2) is 8.29. The molecule has 0 radical (unpaired) electrons. The third-order valence-corrected chi connectivity index (χ3v) is 8.38. The van der Waals surface area contributed by atoms with Gasteiger partial charge in [-0.25, -0.2) is 9.59 Å². The summed E-state index contributed by atoms with van der Waals surface area (Å²) in [5.74, 6) is -2.70. The van der Waals surface area contributed by atoms with Gasteiger partial charge in [-0.3, -0.25) is 9.69 Å². The molecule has 35 heavy (non-hydrogen) atoms. The molecule has 4 aliphatic rings. The predicted octanol–water partition coefficient (Wildman–Crippen LogP) is 0.759. The van der Waals surface area contributed by atoms with Gasteiger partial charge in [0.1, 0.15) is 34.6 Å². The first-order valence-electron chi connectivity index (χ1n) is 12.3. The number of hydrogen-bond donors (Lipinski definition) is 4. The second-order valence-electron chi connectivity index (χ2n) is 11.4. The summed E-state index contributed by atoms with van der Waals surface area (Å²) in [4.78, 5) is 54.3. The minimum Gasteiger partial charge on any atom is -0.480 e. The molecule has 3 heterocycles. The van der Waals surface area contributed by atoms with E-state index in [1.54, 1.807) is 20.8 Å². The highest BCUT2D eigenvalue weighted by atomic mass is 16.7. The summed E-state index contributed by atoms with van der Waals surface area (Å²) in [6.07, 6.45) is -0.789. The van der Waals surface area contributed by atoms with Crippen molar-refractivity contribution in [2.45, 2.75) is 102 Å². The molecule has 1 aliphatic carbocycles. The predicted molar refractivity (Wildman–Crippen MR) is 121 cm³/mol. The molecule has 196 valence electrons. The Balaban J connectivity index is 1.69. The highest BCUT2D eigenvalue weighted by Crippen LogP contribution is 2.72. The van der Waals surface area contributed by atoms with Crippen LogP contribution in [0, 0.1) is 22.2 Å². The van der Waals surface area contributed by atoms with Gasteiger partial charge in [-0.1, -0.05) is 27.2 Å². The summed E-state index contributed by atoms with van der Waals surface area (Å²) in [6.45, 7) is 10.8. The Morgan fingerprint density at radius 2 is 2.00 bits per heavy atom. The smallest absolute Gasteiger partial charge is 0.411 e. The minimum atomic E-state index is -1.17. The average molecular weight is 498 g/mol. The number of aliphatic carboxylic acids is 1. The summed E-state index contributed by atoms with van der Waals surface area (Å²) in [6, 6.07) is -2.64. The number of aliphatic hydroxyl groups is 1. The molecule has 3 aliphatic heterocycles. The summed E-state index contributed by atoms with van der Waals surface area (Å²) >= 11 is 0. The van der Waals surface area contributed by atoms with Crippen molar-refractivity contribution in [2.75, 3.05) is 6.54 Å². The number of carboxylic acid groups (broad SMARTS) is 1. The van der Waals surface area contributed by atoms with Crippen molar-refractivity contribution < 1.29 is 38.9 Å². The van der Waals surface area contributed by atoms with Gasteiger partial charge in [0.25, 0.3) is 6.04 Å². The van der Waals surface area contributed by atoms with Gasteiger partial charge in [0, 0.05) is 5.41 Å². The maximum Gasteiger partial charge on any atom is 0.411 e. The van der Waals surface area contributed by atoms with E-state index < -0.39 is 71.0 Å². The van der Waals surface area contributed by atoms with Crippen molar-refractivity contribution in [3.8, 4) is 0 Å². The van der Waals surface area contributed by atoms with Crippen molar-refractivity contribution in [3.05, 3.63) is 4.91 Å². The SMILES string of the molecule is CC[C@H](C)[C@H](N[N+](=O)[C@@H]1CN(C(=O)OC(C)(C)C)[C@]23CC2(CC)[C@@H](C(=O)O)NC(=O)[C@@H]13)C1OC1O. The van der Waals surface area contributed by atoms with Crippen molar-refractivity contribution in [2.24, 2.45) is 17.3 Å². The third-order valence-electron chi connectivity index (χ3n) is 8.38. The zero-order chi connectivity index (χ0) is 26.1. The molecule has 0 aromatic rings. The lowest BCUT2D eigenvalue weighted by atomic mass is 9.77. The van der Waals surface area contributed by atoms with Crippen LogP contribution >= 0.6 is 0 Å². The van der Waals surface area contributed by atoms with Crippen LogP contribution in [0.5, 0.6) is 0 Å². The number of carbonyl (C=O) groups is 3. The number of nitrogens with zero attached hydrogens (tertiary/aromatic N) is 2. The maximum absolute atomic E-state index is 13.5. The Morgan fingerprint density at radius 1 is 1.37 bits per heavy atom. The van der Waals surface area contributed by atoms with Crippen molar-refractivity contribution in [3.63, 3.8) is 0 Å². The molecule has 4 fully saturated rings. The van der Waals surface area contributed by atoms with Crippen molar-refractivity contribution in [1.29, 1.82) is 0 Å². The first-order valence-corrected chi connectivity index (χ1v) is 12.3. The number of epoxide rings is 1. The van der Waals surface area contributed by atoms with Crippen LogP contribution < -0.4 is 10.7 Å². The fourth-order valence-corrected chi connectivity index (χ4v) is 6.37. The normalized spacial score (nSPS) is 39.0. The van der Waals surface area contributed by atoms with Gasteiger partial charge in [0.05, 0.1) is 17.0 Å². The summed E-state index contributed by atoms with van der Waals surface area (Å²) in [5.41, 5.74) is 0.0265. The number of ether oxygens (including phenoxy) is 2. The van der Waals surface area contributed by atoms with E-state index in [1.807, 2.05) is 20.8 Å². The lowest BCUT2D eigenvalue weighted by molar-refractivity contribution is -0.648. The largest absolute Gasteiger partial charge is 0.480 e. The Bertz CT molecular complexity index is 933. The quantitative estimate of drug-likeness (QED) is 0.216. The Morgan fingerprint density at radius 3 is 2.49 bits per heavy atom. The fraction of sp³-hybridized carbons (Fsp3) is 0.870. The fourth-order valence-electron chi connectivity index (χ4n) is 6.37. The number of carbonyl (C=O) groups excluding carboxylic acids is 2. The molecule has 0 aromatic carbocycles. The summed E-state index contributed by atoms with van der Waals surface area (Å²) in [7, 11) is 0. The molecular formula is C23H37N4O8+. The van der Waals surface area contributed by atoms with Crippen LogP contribution in [0.25, 0.3) is 0 Å². The van der Waals surface area contributed by atoms with E-state index in [-0.39, 0.29) is 18.9 Å². The summed E-state index contributed by atoms with van der Waals surface area (Å²) in [5, 5.41) is 22.3. The van der Waals surface area contributed by atoms with Crippen LogP contribution in [0.4, 0.5) is 4.79 Å². The van der Waals surface area contributed by atoms with Gasteiger partial charge in [-0.05, 0) is 39.5 Å². The number of amides is 2. The van der Waals surface area contributed by atoms with Gasteiger partial charge in [0.15, 0.2) is 6.29 Å². The second-order valence-corrected chi connectivity index (χ2v) is 11.4. The van der Waals surface area contributed by atoms with Crippen molar-refractivity contribution in [1.82, 2.24) is 15.6 Å². The van der Waals surface area contributed by atoms with E-state index in [0.29, 0.717) is 11.3 Å². The van der Waals surface area contributed by atoms with Gasteiger partial charge < -0.3 is 25.0 Å². The van der Waals surface area contributed by atoms with Gasteiger partial charge >= 0.3 is 12.1 Å². The zero-order valence-electron chi connectivity index (χ0n) is 21.1. The minimum absolute atomic E-state index is 0.0156. The van der Waals surface area contributed by atoms with Gasteiger partial charge in [0.2, 0.25) is 5.91 Å². The highest BCUT2D eigenvalue weighted by molar-refractivity contribution is 5.93. The highest BCUT2D eigenvalue weighted by Gasteiger charge is 2.87. The van der Waals surface area contributed by atoms with Crippen LogP contribution in [0.15, 0.2) is 0 Å². The lowest BCUT2D eigenvalue weighted by Gasteiger charge is -2.40. The molecule has 12 heteroatoms. The third kappa shape index (κ3) is 3.85. The molecule has 2 amide bonds. The number of nitrogens with one attached hydrogen (secondary N) is 2. The number of hydrazine groups is 1. The molecular weight excluding hydrogens is 460 g/mol. The molecule has 4 N–H and O–H groups in total. The van der Waals surface area contributed by atoms with E-state index in [2.05, 4.69) is 10.7 Å². The van der Waals surface area contributed by atoms with E-state index in [9.17, 15) is 29.5 Å². The molecule has 1 saturated carbocycles. The number of carboxylic acids is 1. The molecule has 1 spiro atoms. The average Bonchev–Trinajstić information content (AvgIpc) is 3.61. The number of piperidine rings is 1. The number of aliphatic hydroxyl groups excluding tert-OH is 1. The van der Waals surface area contributed by atoms with Crippen LogP contribution in [0.2, 0.25) is 0 Å². The van der Waals surface area contributed by atoms with Gasteiger partial charge in [-0.15, -0.1) is 5.43 Å². The first kappa shape index (κ1) is 25.6. The van der Waals surface area contributed by atoms with Crippen molar-refractivity contribution >= 4 is 18.0 Å². The molecule has 0 aromatic heterocycles. The number of rotatable bonds is 8. The van der Waals surface area contributed by atoms with E-state index in [0.717, 1.165) is 6.42 Å². The number of nitroso groups, excluding NO2 is 1. The lowest BCUT2D eigenvalue weighted by Crippen LogP contribution is -2.64. The number of likely N-dealkylation sites (tertiary alicyclic amines) is 1. The van der Waals surface area contributed by atoms with E-state index >= 15 is 0 Å². The monoisotopic (exact) mass is 497 g/mol. The first-order chi connectivity index (χ1) is 16.2. The van der Waals surface area contributed by atoms with Gasteiger partial charge in [-0.2, -0.15) is 0 Å². The van der Waals surface area contributed by atoms with Crippen LogP contribution in [0.1, 0.15) is 60.8 Å². The summed E-state index contributed by atoms with van der Waals surface area (Å²) < 4.78 is 10.8. The molecule has 4 rings (SSSR count). The molecule has 9 atom stereocenters. The molecule has 3 unspecified atom stereocenters. The Hall–Kier alpha value is -2.47. The van der Waals surface area contributed by atoms with Crippen LogP contribution in [-0.2, 0) is 19.1 Å². The topological polar surface area (TPSA) is 161 Å². The Kier molecular flexibility index (Phi) is 6.07. The molecule has 0 bridgehead atoms. The van der Waals surface area contributed by atoms with Crippen LogP contribution in [-0.4, -0.2) is 86.2 Å². The molecule has 12 nitrogen and oxygen atoms in total. The van der Waals surface area contributed by atoms with E-state index in [1.165, 1.54) is 4.90 Å². The van der Waals surface area contributed by atoms with E-state index in [4.69, 9.17) is 9.47 Å². The van der Waals surface area contributed by atoms with Crippen LogP contribution in [0.3, 0.4) is 0 Å². The maximum atomic E-state index is 13.5. The standard InChI is InChI=1S/C23H36N4O8/c1-7-11(3)14(15-19(31)34-15)25-27(33)12-9-26(20(32)35-21(4,5)6)23-10-22(23,8-2)16(18(29)30)24-17(28)13(12)23/h11-16,19,31H,7-10H2,1-6H3,(H2-,24,25,28,29,30,33)/p+1/t11-,12+,13+,14-,15?,16+,19?,22?,23-/m0/s1. The zero-order valence-corrected chi connectivity index (χ0v) is 21.1. The molecule has 3 saturated heterocycles.